The van der Waals surface area contributed by atoms with Crippen LogP contribution in [0.4, 0.5) is 0 Å². The zero-order chi connectivity index (χ0) is 13.8. The van der Waals surface area contributed by atoms with Crippen LogP contribution in [0.2, 0.25) is 0 Å². The zero-order valence-corrected chi connectivity index (χ0v) is 13.7. The molecule has 20 heavy (non-hydrogen) atoms. The minimum Gasteiger partial charge on any atom is -0.493 e. The van der Waals surface area contributed by atoms with Gasteiger partial charge in [-0.1, -0.05) is 15.9 Å². The SMILES string of the molecule is Brc1ccc(OCCc2ccsc2)cc1CNC1CC1. The second-order valence-electron chi connectivity index (χ2n) is 5.14. The third-order valence-corrected chi connectivity index (χ3v) is 4.92. The summed E-state index contributed by atoms with van der Waals surface area (Å²) in [6.45, 7) is 1.64. The maximum atomic E-state index is 5.85. The lowest BCUT2D eigenvalue weighted by molar-refractivity contribution is 0.321. The number of rotatable bonds is 7. The van der Waals surface area contributed by atoms with Gasteiger partial charge in [0.2, 0.25) is 0 Å². The summed E-state index contributed by atoms with van der Waals surface area (Å²) < 4.78 is 7.00. The first-order chi connectivity index (χ1) is 9.81. The van der Waals surface area contributed by atoms with Crippen molar-refractivity contribution in [1.29, 1.82) is 0 Å². The fraction of sp³-hybridized carbons (Fsp3) is 0.375. The van der Waals surface area contributed by atoms with E-state index in [4.69, 9.17) is 4.74 Å². The van der Waals surface area contributed by atoms with E-state index in [-0.39, 0.29) is 0 Å². The predicted octanol–water partition coefficient (Wildman–Crippen LogP) is 4.38. The van der Waals surface area contributed by atoms with E-state index in [1.165, 1.54) is 24.0 Å². The van der Waals surface area contributed by atoms with Gasteiger partial charge in [0, 0.05) is 23.5 Å². The lowest BCUT2D eigenvalue weighted by atomic mass is 10.2. The lowest BCUT2D eigenvalue weighted by Gasteiger charge is -2.10. The standard InChI is InChI=1S/C16H18BrNOS/c17-16-4-3-15(9-13(16)10-18-14-1-2-14)19-7-5-12-6-8-20-11-12/h3-4,6,8-9,11,14,18H,1-2,5,7,10H2. The number of thiophene rings is 1. The van der Waals surface area contributed by atoms with Crippen molar-refractivity contribution in [2.24, 2.45) is 0 Å². The number of benzene rings is 1. The minimum absolute atomic E-state index is 0.727. The first kappa shape index (κ1) is 14.1. The smallest absolute Gasteiger partial charge is 0.119 e. The van der Waals surface area contributed by atoms with E-state index in [9.17, 15) is 0 Å². The Hall–Kier alpha value is -0.840. The van der Waals surface area contributed by atoms with Gasteiger partial charge in [0.1, 0.15) is 5.75 Å². The second kappa shape index (κ2) is 6.74. The quantitative estimate of drug-likeness (QED) is 0.798. The Morgan fingerprint density at radius 2 is 2.20 bits per heavy atom. The van der Waals surface area contributed by atoms with Crippen LogP contribution in [0.1, 0.15) is 24.0 Å². The molecule has 1 aromatic carbocycles. The molecule has 4 heteroatoms. The monoisotopic (exact) mass is 351 g/mol. The summed E-state index contributed by atoms with van der Waals surface area (Å²) in [7, 11) is 0. The van der Waals surface area contributed by atoms with Gasteiger partial charge < -0.3 is 10.1 Å². The number of hydrogen-bond acceptors (Lipinski definition) is 3. The molecule has 1 aromatic heterocycles. The van der Waals surface area contributed by atoms with E-state index in [1.54, 1.807) is 11.3 Å². The normalized spacial score (nSPS) is 14.4. The van der Waals surface area contributed by atoms with Gasteiger partial charge in [-0.25, -0.2) is 0 Å². The fourth-order valence-corrected chi connectivity index (χ4v) is 3.13. The van der Waals surface area contributed by atoms with Gasteiger partial charge in [-0.15, -0.1) is 0 Å². The van der Waals surface area contributed by atoms with Gasteiger partial charge in [0.15, 0.2) is 0 Å². The highest BCUT2D eigenvalue weighted by molar-refractivity contribution is 9.10. The highest BCUT2D eigenvalue weighted by Crippen LogP contribution is 2.25. The third-order valence-electron chi connectivity index (χ3n) is 3.42. The Labute approximate surface area is 132 Å². The molecule has 0 aliphatic heterocycles. The molecule has 2 nitrogen and oxygen atoms in total. The highest BCUT2D eigenvalue weighted by atomic mass is 79.9. The molecule has 106 valence electrons. The molecule has 0 saturated heterocycles. The van der Waals surface area contributed by atoms with Crippen molar-refractivity contribution in [3.63, 3.8) is 0 Å². The minimum atomic E-state index is 0.727. The van der Waals surface area contributed by atoms with Crippen molar-refractivity contribution in [3.05, 3.63) is 50.6 Å². The highest BCUT2D eigenvalue weighted by Gasteiger charge is 2.20. The van der Waals surface area contributed by atoms with Crippen molar-refractivity contribution >= 4 is 27.3 Å². The van der Waals surface area contributed by atoms with Crippen molar-refractivity contribution in [1.82, 2.24) is 5.32 Å². The van der Waals surface area contributed by atoms with Gasteiger partial charge >= 0.3 is 0 Å². The topological polar surface area (TPSA) is 21.3 Å². The zero-order valence-electron chi connectivity index (χ0n) is 11.3. The van der Waals surface area contributed by atoms with Crippen molar-refractivity contribution in [2.75, 3.05) is 6.61 Å². The van der Waals surface area contributed by atoms with Gasteiger partial charge in [-0.2, -0.15) is 11.3 Å². The maximum Gasteiger partial charge on any atom is 0.119 e. The molecule has 0 unspecified atom stereocenters. The van der Waals surface area contributed by atoms with E-state index < -0.39 is 0 Å². The van der Waals surface area contributed by atoms with Crippen LogP contribution in [0.15, 0.2) is 39.5 Å². The summed E-state index contributed by atoms with van der Waals surface area (Å²) in [6.07, 6.45) is 3.60. The van der Waals surface area contributed by atoms with Crippen LogP contribution in [0.3, 0.4) is 0 Å². The summed E-state index contributed by atoms with van der Waals surface area (Å²) in [5, 5.41) is 7.82. The number of ether oxygens (including phenoxy) is 1. The van der Waals surface area contributed by atoms with Crippen LogP contribution in [-0.2, 0) is 13.0 Å². The first-order valence-corrected chi connectivity index (χ1v) is 8.70. The number of halogens is 1. The molecule has 1 heterocycles. The van der Waals surface area contributed by atoms with Gasteiger partial charge in [0.05, 0.1) is 6.61 Å². The Bertz CT molecular complexity index is 552. The lowest BCUT2D eigenvalue weighted by Crippen LogP contribution is -2.15. The second-order valence-corrected chi connectivity index (χ2v) is 6.77. The predicted molar refractivity (Wildman–Crippen MR) is 87.5 cm³/mol. The first-order valence-electron chi connectivity index (χ1n) is 6.97. The summed E-state index contributed by atoms with van der Waals surface area (Å²) in [5.41, 5.74) is 2.62. The van der Waals surface area contributed by atoms with Gasteiger partial charge in [-0.05, 0) is 59.0 Å². The Morgan fingerprint density at radius 3 is 2.95 bits per heavy atom. The van der Waals surface area contributed by atoms with E-state index >= 15 is 0 Å². The van der Waals surface area contributed by atoms with Crippen LogP contribution in [0.5, 0.6) is 5.75 Å². The van der Waals surface area contributed by atoms with Crippen molar-refractivity contribution in [3.8, 4) is 5.75 Å². The Morgan fingerprint density at radius 1 is 1.30 bits per heavy atom. The van der Waals surface area contributed by atoms with Gasteiger partial charge in [0.25, 0.3) is 0 Å². The summed E-state index contributed by atoms with van der Waals surface area (Å²) >= 11 is 5.34. The van der Waals surface area contributed by atoms with E-state index in [1.807, 2.05) is 6.07 Å². The average Bonchev–Trinajstić information content (AvgIpc) is 3.14. The summed E-state index contributed by atoms with van der Waals surface area (Å²) in [4.78, 5) is 0. The molecule has 1 aliphatic rings. The molecule has 0 atom stereocenters. The van der Waals surface area contributed by atoms with Crippen molar-refractivity contribution < 1.29 is 4.74 Å². The molecular weight excluding hydrogens is 334 g/mol. The van der Waals surface area contributed by atoms with Crippen LogP contribution < -0.4 is 10.1 Å². The van der Waals surface area contributed by atoms with E-state index in [2.05, 4.69) is 50.2 Å². The van der Waals surface area contributed by atoms with E-state index in [0.29, 0.717) is 0 Å². The molecular formula is C16H18BrNOS. The summed E-state index contributed by atoms with van der Waals surface area (Å²) in [5.74, 6) is 0.955. The van der Waals surface area contributed by atoms with Crippen LogP contribution in [-0.4, -0.2) is 12.6 Å². The molecule has 1 saturated carbocycles. The molecule has 1 aliphatic carbocycles. The Balaban J connectivity index is 1.53. The Kier molecular flexibility index (Phi) is 4.76. The molecule has 0 radical (unpaired) electrons. The van der Waals surface area contributed by atoms with Crippen LogP contribution in [0, 0.1) is 0 Å². The molecule has 0 amide bonds. The number of nitrogens with one attached hydrogen (secondary N) is 1. The van der Waals surface area contributed by atoms with E-state index in [0.717, 1.165) is 35.8 Å². The van der Waals surface area contributed by atoms with Crippen molar-refractivity contribution in [2.45, 2.75) is 31.8 Å². The third kappa shape index (κ3) is 4.08. The van der Waals surface area contributed by atoms with Gasteiger partial charge in [-0.3, -0.25) is 0 Å². The molecule has 3 rings (SSSR count). The largest absolute Gasteiger partial charge is 0.493 e. The molecule has 2 aromatic rings. The average molecular weight is 352 g/mol. The molecule has 0 bridgehead atoms. The maximum absolute atomic E-state index is 5.85. The van der Waals surface area contributed by atoms with Crippen LogP contribution in [0.25, 0.3) is 0 Å². The summed E-state index contributed by atoms with van der Waals surface area (Å²) in [6, 6.07) is 9.11. The van der Waals surface area contributed by atoms with Crippen LogP contribution >= 0.6 is 27.3 Å². The fourth-order valence-electron chi connectivity index (χ4n) is 2.04. The molecule has 0 spiro atoms. The number of hydrogen-bond donors (Lipinski definition) is 1. The molecule has 1 fully saturated rings. The molecule has 1 N–H and O–H groups in total.